The predicted octanol–water partition coefficient (Wildman–Crippen LogP) is 3.91. The van der Waals surface area contributed by atoms with Crippen LogP contribution in [0.25, 0.3) is 0 Å². The zero-order valence-electron chi connectivity index (χ0n) is 12.6. The van der Waals surface area contributed by atoms with Crippen LogP contribution in [0.2, 0.25) is 10.0 Å². The normalized spacial score (nSPS) is 11.4. The predicted molar refractivity (Wildman–Crippen MR) is 93.0 cm³/mol. The topological polar surface area (TPSA) is 55.4 Å². The maximum atomic E-state index is 12.2. The molecular weight excluding hydrogens is 357 g/mol. The van der Waals surface area contributed by atoms with Gasteiger partial charge in [-0.2, -0.15) is 0 Å². The highest BCUT2D eigenvalue weighted by Gasteiger charge is 2.14. The van der Waals surface area contributed by atoms with Gasteiger partial charge >= 0.3 is 0 Å². The molecule has 2 rings (SSSR count). The van der Waals surface area contributed by atoms with Crippen molar-refractivity contribution in [3.63, 3.8) is 0 Å². The number of ether oxygens (including phenoxy) is 1. The number of benzene rings is 2. The third-order valence-corrected chi connectivity index (χ3v) is 5.34. The van der Waals surface area contributed by atoms with Gasteiger partial charge in [-0.15, -0.1) is 0 Å². The van der Waals surface area contributed by atoms with Crippen molar-refractivity contribution in [2.24, 2.45) is 0 Å². The van der Waals surface area contributed by atoms with Gasteiger partial charge in [0.25, 0.3) is 0 Å². The first kappa shape index (κ1) is 18.1. The fourth-order valence-electron chi connectivity index (χ4n) is 1.98. The zero-order chi connectivity index (χ0) is 16.9. The molecule has 0 unspecified atom stereocenters. The van der Waals surface area contributed by atoms with E-state index in [-0.39, 0.29) is 16.5 Å². The Morgan fingerprint density at radius 2 is 1.74 bits per heavy atom. The fourth-order valence-corrected chi connectivity index (χ4v) is 3.40. The lowest BCUT2D eigenvalue weighted by atomic mass is 10.1. The van der Waals surface area contributed by atoms with E-state index in [1.54, 1.807) is 0 Å². The molecule has 7 heteroatoms. The minimum Gasteiger partial charge on any atom is -0.494 e. The van der Waals surface area contributed by atoms with Gasteiger partial charge in [0.15, 0.2) is 0 Å². The van der Waals surface area contributed by atoms with Gasteiger partial charge in [0, 0.05) is 6.54 Å². The Bertz CT molecular complexity index is 761. The molecule has 2 aromatic carbocycles. The first-order chi connectivity index (χ1) is 10.9. The molecule has 0 bridgehead atoms. The molecule has 2 aromatic rings. The molecule has 0 saturated carbocycles. The Labute approximate surface area is 146 Å². The third kappa shape index (κ3) is 5.11. The molecule has 4 nitrogen and oxygen atoms in total. The Hall–Kier alpha value is -1.27. The van der Waals surface area contributed by atoms with Crippen LogP contribution in [0.3, 0.4) is 0 Å². The van der Waals surface area contributed by atoms with E-state index in [1.165, 1.54) is 18.2 Å². The van der Waals surface area contributed by atoms with Crippen LogP contribution in [0.15, 0.2) is 47.4 Å². The molecular formula is C16H17Cl2NO3S. The van der Waals surface area contributed by atoms with Crippen molar-refractivity contribution < 1.29 is 13.2 Å². The first-order valence-corrected chi connectivity index (χ1v) is 9.33. The van der Waals surface area contributed by atoms with Gasteiger partial charge in [0.05, 0.1) is 21.5 Å². The summed E-state index contributed by atoms with van der Waals surface area (Å²) in [5.74, 6) is 0.799. The van der Waals surface area contributed by atoms with E-state index >= 15 is 0 Å². The van der Waals surface area contributed by atoms with Crippen LogP contribution in [0, 0.1) is 0 Å². The number of hydrogen-bond donors (Lipinski definition) is 1. The third-order valence-electron chi connectivity index (χ3n) is 3.14. The molecule has 0 aliphatic rings. The fraction of sp³-hybridized carbons (Fsp3) is 0.250. The largest absolute Gasteiger partial charge is 0.494 e. The van der Waals surface area contributed by atoms with Gasteiger partial charge in [0.2, 0.25) is 10.0 Å². The summed E-state index contributed by atoms with van der Waals surface area (Å²) in [5.41, 5.74) is 1.02. The molecule has 0 spiro atoms. The molecule has 0 amide bonds. The summed E-state index contributed by atoms with van der Waals surface area (Å²) in [4.78, 5) is 0.0959. The summed E-state index contributed by atoms with van der Waals surface area (Å²) >= 11 is 11.6. The molecule has 0 atom stereocenters. The highest BCUT2D eigenvalue weighted by molar-refractivity contribution is 7.89. The lowest BCUT2D eigenvalue weighted by Gasteiger charge is -2.08. The van der Waals surface area contributed by atoms with Gasteiger partial charge in [0.1, 0.15) is 5.75 Å². The van der Waals surface area contributed by atoms with Crippen LogP contribution in [0.5, 0.6) is 5.75 Å². The second-order valence-corrected chi connectivity index (χ2v) is 7.38. The number of rotatable bonds is 7. The van der Waals surface area contributed by atoms with Crippen molar-refractivity contribution in [1.82, 2.24) is 4.72 Å². The van der Waals surface area contributed by atoms with Crippen molar-refractivity contribution in [3.8, 4) is 5.75 Å². The minimum atomic E-state index is -3.60. The van der Waals surface area contributed by atoms with E-state index in [1.807, 2.05) is 31.2 Å². The number of hydrogen-bond acceptors (Lipinski definition) is 3. The molecule has 0 fully saturated rings. The standard InChI is InChI=1S/C16H17Cl2NO3S/c1-2-22-13-5-3-12(4-6-13)9-10-19-23(20,21)14-7-8-15(17)16(18)11-14/h3-8,11,19H,2,9-10H2,1H3. The lowest BCUT2D eigenvalue weighted by Crippen LogP contribution is -2.26. The Balaban J connectivity index is 1.95. The maximum absolute atomic E-state index is 12.2. The number of sulfonamides is 1. The maximum Gasteiger partial charge on any atom is 0.240 e. The van der Waals surface area contributed by atoms with Crippen molar-refractivity contribution >= 4 is 33.2 Å². The minimum absolute atomic E-state index is 0.0959. The first-order valence-electron chi connectivity index (χ1n) is 7.09. The average molecular weight is 374 g/mol. The van der Waals surface area contributed by atoms with Crippen LogP contribution >= 0.6 is 23.2 Å². The average Bonchev–Trinajstić information content (AvgIpc) is 2.52. The van der Waals surface area contributed by atoms with Crippen LogP contribution in [-0.2, 0) is 16.4 Å². The number of nitrogens with one attached hydrogen (secondary N) is 1. The van der Waals surface area contributed by atoms with Crippen molar-refractivity contribution in [2.75, 3.05) is 13.2 Å². The monoisotopic (exact) mass is 373 g/mol. The van der Waals surface area contributed by atoms with E-state index in [9.17, 15) is 8.42 Å². The molecule has 0 aromatic heterocycles. The highest BCUT2D eigenvalue weighted by Crippen LogP contribution is 2.24. The van der Waals surface area contributed by atoms with Crippen molar-refractivity contribution in [1.29, 1.82) is 0 Å². The highest BCUT2D eigenvalue weighted by atomic mass is 35.5. The Morgan fingerprint density at radius 3 is 2.35 bits per heavy atom. The molecule has 1 N–H and O–H groups in total. The second-order valence-electron chi connectivity index (χ2n) is 4.80. The van der Waals surface area contributed by atoms with Gasteiger partial charge in [-0.05, 0) is 49.2 Å². The van der Waals surface area contributed by atoms with Crippen LogP contribution in [0.4, 0.5) is 0 Å². The summed E-state index contributed by atoms with van der Waals surface area (Å²) in [6, 6.07) is 11.8. The van der Waals surface area contributed by atoms with Gasteiger partial charge in [-0.1, -0.05) is 35.3 Å². The van der Waals surface area contributed by atoms with E-state index in [0.717, 1.165) is 11.3 Å². The van der Waals surface area contributed by atoms with E-state index in [4.69, 9.17) is 27.9 Å². The summed E-state index contributed by atoms with van der Waals surface area (Å²) in [6.45, 7) is 2.82. The van der Waals surface area contributed by atoms with Gasteiger partial charge in [-0.3, -0.25) is 0 Å². The molecule has 0 aliphatic heterocycles. The molecule has 124 valence electrons. The zero-order valence-corrected chi connectivity index (χ0v) is 14.9. The molecule has 23 heavy (non-hydrogen) atoms. The van der Waals surface area contributed by atoms with E-state index < -0.39 is 10.0 Å². The Kier molecular flexibility index (Phi) is 6.30. The van der Waals surface area contributed by atoms with Crippen LogP contribution < -0.4 is 9.46 Å². The summed E-state index contributed by atoms with van der Waals surface area (Å²) in [6.07, 6.45) is 0.576. The van der Waals surface area contributed by atoms with Crippen LogP contribution in [0.1, 0.15) is 12.5 Å². The lowest BCUT2D eigenvalue weighted by molar-refractivity contribution is 0.340. The Morgan fingerprint density at radius 1 is 1.04 bits per heavy atom. The smallest absolute Gasteiger partial charge is 0.240 e. The van der Waals surface area contributed by atoms with Crippen molar-refractivity contribution in [3.05, 3.63) is 58.1 Å². The summed E-state index contributed by atoms with van der Waals surface area (Å²) in [7, 11) is -3.60. The second kappa shape index (κ2) is 8.02. The molecule has 0 radical (unpaired) electrons. The number of halogens is 2. The van der Waals surface area contributed by atoms with Gasteiger partial charge in [-0.25, -0.2) is 13.1 Å². The van der Waals surface area contributed by atoms with Crippen molar-refractivity contribution in [2.45, 2.75) is 18.2 Å². The summed E-state index contributed by atoms with van der Waals surface area (Å²) in [5, 5.41) is 0.529. The van der Waals surface area contributed by atoms with Gasteiger partial charge < -0.3 is 4.74 Å². The molecule has 0 heterocycles. The SMILES string of the molecule is CCOc1ccc(CCNS(=O)(=O)c2ccc(Cl)c(Cl)c2)cc1. The quantitative estimate of drug-likeness (QED) is 0.800. The van der Waals surface area contributed by atoms with E-state index in [2.05, 4.69) is 4.72 Å². The molecule has 0 aliphatic carbocycles. The molecule has 0 saturated heterocycles. The summed E-state index contributed by atoms with van der Waals surface area (Å²) < 4.78 is 32.3. The van der Waals surface area contributed by atoms with E-state index in [0.29, 0.717) is 18.1 Å². The van der Waals surface area contributed by atoms with Crippen LogP contribution in [-0.4, -0.2) is 21.6 Å².